The summed E-state index contributed by atoms with van der Waals surface area (Å²) in [5.74, 6) is 1.36. The van der Waals surface area contributed by atoms with Crippen molar-refractivity contribution in [2.24, 2.45) is 9.98 Å². The number of aliphatic imine (C=N–C) groups is 2. The summed E-state index contributed by atoms with van der Waals surface area (Å²) in [6.07, 6.45) is 3.08. The molecule has 39 heavy (non-hydrogen) atoms. The molecule has 0 aromatic heterocycles. The van der Waals surface area contributed by atoms with Crippen LogP contribution in [-0.2, 0) is 4.74 Å². The number of para-hydroxylation sites is 4. The number of hydrogen-bond donors (Lipinski definition) is 2. The van der Waals surface area contributed by atoms with Crippen LogP contribution in [0.25, 0.3) is 0 Å². The van der Waals surface area contributed by atoms with E-state index in [2.05, 4.69) is 9.98 Å². The third kappa shape index (κ3) is 8.48. The number of phenolic OH excluding ortho intramolecular Hbond substituents is 2. The van der Waals surface area contributed by atoms with Gasteiger partial charge in [0.15, 0.2) is 0 Å². The summed E-state index contributed by atoms with van der Waals surface area (Å²) in [4.78, 5) is 8.86. The molecule has 4 aromatic carbocycles. The Balaban J connectivity index is 1.23. The highest BCUT2D eigenvalue weighted by Gasteiger charge is 2.05. The highest BCUT2D eigenvalue weighted by Crippen LogP contribution is 2.29. The maximum absolute atomic E-state index is 9.98. The fraction of sp³-hybridized carbons (Fsp3) is 0.133. The molecule has 0 saturated carbocycles. The minimum absolute atomic E-state index is 0.0898. The Morgan fingerprint density at radius 1 is 0.590 bits per heavy atom. The predicted octanol–water partition coefficient (Wildman–Crippen LogP) is 7.38. The van der Waals surface area contributed by atoms with Gasteiger partial charge in [0.1, 0.15) is 47.6 Å². The number of halogens is 2. The lowest BCUT2D eigenvalue weighted by atomic mass is 10.2. The molecule has 0 bridgehead atoms. The number of hydrogen-bond acceptors (Lipinski definition) is 7. The van der Waals surface area contributed by atoms with E-state index in [4.69, 9.17) is 37.4 Å². The van der Waals surface area contributed by atoms with Crippen LogP contribution in [0.5, 0.6) is 23.0 Å². The fourth-order valence-corrected chi connectivity index (χ4v) is 3.79. The Hall–Kier alpha value is -4.04. The third-order valence-electron chi connectivity index (χ3n) is 5.37. The molecule has 200 valence electrons. The van der Waals surface area contributed by atoms with Crippen LogP contribution in [-0.4, -0.2) is 49.1 Å². The Labute approximate surface area is 236 Å². The predicted molar refractivity (Wildman–Crippen MR) is 155 cm³/mol. The largest absolute Gasteiger partial charge is 0.507 e. The van der Waals surface area contributed by atoms with Crippen LogP contribution in [0.2, 0.25) is 10.0 Å². The van der Waals surface area contributed by atoms with Crippen LogP contribution in [0.1, 0.15) is 11.1 Å². The van der Waals surface area contributed by atoms with Gasteiger partial charge < -0.3 is 24.4 Å². The van der Waals surface area contributed by atoms with Crippen LogP contribution in [0.3, 0.4) is 0 Å². The number of phenols is 2. The normalized spacial score (nSPS) is 11.3. The van der Waals surface area contributed by atoms with Gasteiger partial charge in [0.05, 0.1) is 13.2 Å². The van der Waals surface area contributed by atoms with Gasteiger partial charge in [-0.25, -0.2) is 0 Å². The van der Waals surface area contributed by atoms with Crippen LogP contribution in [0.4, 0.5) is 11.4 Å². The highest BCUT2D eigenvalue weighted by atomic mass is 35.5. The molecule has 0 atom stereocenters. The average molecular weight is 565 g/mol. The monoisotopic (exact) mass is 564 g/mol. The van der Waals surface area contributed by atoms with Crippen molar-refractivity contribution in [3.05, 3.63) is 106 Å². The van der Waals surface area contributed by atoms with Crippen molar-refractivity contribution in [1.82, 2.24) is 0 Å². The number of aromatic hydroxyl groups is 2. The van der Waals surface area contributed by atoms with Gasteiger partial charge in [-0.1, -0.05) is 47.5 Å². The van der Waals surface area contributed by atoms with Crippen LogP contribution < -0.4 is 9.47 Å². The molecule has 0 spiro atoms. The molecule has 0 fully saturated rings. The van der Waals surface area contributed by atoms with E-state index < -0.39 is 0 Å². The maximum Gasteiger partial charge on any atom is 0.145 e. The van der Waals surface area contributed by atoms with Crippen molar-refractivity contribution in [2.75, 3.05) is 26.4 Å². The van der Waals surface area contributed by atoms with Gasteiger partial charge in [-0.15, -0.1) is 0 Å². The van der Waals surface area contributed by atoms with Crippen molar-refractivity contribution < 1.29 is 24.4 Å². The Morgan fingerprint density at radius 3 is 1.49 bits per heavy atom. The SMILES string of the molecule is Oc1ccc(Cl)cc1C=Nc1ccccc1OCCOCCOc1ccccc1N=Cc1cc(Cl)ccc1O. The topological polar surface area (TPSA) is 92.9 Å². The van der Waals surface area contributed by atoms with E-state index in [0.717, 1.165) is 0 Å². The first-order valence-corrected chi connectivity index (χ1v) is 12.8. The average Bonchev–Trinajstić information content (AvgIpc) is 2.94. The standard InChI is InChI=1S/C30H26Cl2N2O5/c31-23-9-11-27(35)21(17-23)19-33-25-5-1-3-7-29(25)38-15-13-37-14-16-39-30-8-4-2-6-26(30)34-20-22-18-24(32)10-12-28(22)36/h1-12,17-20,35-36H,13-16H2. The van der Waals surface area contributed by atoms with E-state index >= 15 is 0 Å². The van der Waals surface area contributed by atoms with Crippen LogP contribution >= 0.6 is 23.2 Å². The van der Waals surface area contributed by atoms with Crippen molar-refractivity contribution in [2.45, 2.75) is 0 Å². The van der Waals surface area contributed by atoms with Crippen LogP contribution in [0, 0.1) is 0 Å². The Bertz CT molecular complexity index is 1350. The van der Waals surface area contributed by atoms with Crippen molar-refractivity contribution in [3.63, 3.8) is 0 Å². The molecule has 9 heteroatoms. The molecule has 7 nitrogen and oxygen atoms in total. The molecule has 0 heterocycles. The molecule has 0 radical (unpaired) electrons. The fourth-order valence-electron chi connectivity index (χ4n) is 3.43. The lowest BCUT2D eigenvalue weighted by molar-refractivity contribution is 0.0767. The van der Waals surface area contributed by atoms with E-state index in [9.17, 15) is 10.2 Å². The van der Waals surface area contributed by atoms with E-state index in [-0.39, 0.29) is 11.5 Å². The summed E-state index contributed by atoms with van der Waals surface area (Å²) in [6, 6.07) is 24.2. The minimum Gasteiger partial charge on any atom is -0.507 e. The molecule has 4 aromatic rings. The molecule has 0 aliphatic heterocycles. The van der Waals surface area contributed by atoms with E-state index in [0.29, 0.717) is 70.5 Å². The number of nitrogens with zero attached hydrogens (tertiary/aromatic N) is 2. The van der Waals surface area contributed by atoms with Gasteiger partial charge in [-0.3, -0.25) is 9.98 Å². The highest BCUT2D eigenvalue weighted by molar-refractivity contribution is 6.31. The Morgan fingerprint density at radius 2 is 1.03 bits per heavy atom. The summed E-state index contributed by atoms with van der Waals surface area (Å²) in [5.41, 5.74) is 2.25. The van der Waals surface area contributed by atoms with E-state index in [1.54, 1.807) is 24.3 Å². The van der Waals surface area contributed by atoms with E-state index in [1.165, 1.54) is 24.6 Å². The van der Waals surface area contributed by atoms with Crippen molar-refractivity contribution in [1.29, 1.82) is 0 Å². The number of benzene rings is 4. The zero-order valence-electron chi connectivity index (χ0n) is 20.8. The second-order valence-electron chi connectivity index (χ2n) is 8.17. The summed E-state index contributed by atoms with van der Waals surface area (Å²) in [5, 5.41) is 21.0. The minimum atomic E-state index is 0.0898. The lowest BCUT2D eigenvalue weighted by Gasteiger charge is -2.11. The smallest absolute Gasteiger partial charge is 0.145 e. The Kier molecular flexibility index (Phi) is 10.2. The van der Waals surface area contributed by atoms with Gasteiger partial charge in [0, 0.05) is 33.6 Å². The second-order valence-corrected chi connectivity index (χ2v) is 9.04. The number of rotatable bonds is 12. The molecule has 0 saturated heterocycles. The molecule has 0 aliphatic rings. The van der Waals surface area contributed by atoms with Gasteiger partial charge in [0.25, 0.3) is 0 Å². The second kappa shape index (κ2) is 14.2. The van der Waals surface area contributed by atoms with Gasteiger partial charge >= 0.3 is 0 Å². The number of ether oxygens (including phenoxy) is 3. The molecule has 2 N–H and O–H groups in total. The maximum atomic E-state index is 9.98. The molecule has 0 amide bonds. The molecular weight excluding hydrogens is 539 g/mol. The summed E-state index contributed by atoms with van der Waals surface area (Å²) in [7, 11) is 0. The summed E-state index contributed by atoms with van der Waals surface area (Å²) >= 11 is 12.0. The zero-order chi connectivity index (χ0) is 27.5. The van der Waals surface area contributed by atoms with Gasteiger partial charge in [-0.2, -0.15) is 0 Å². The van der Waals surface area contributed by atoms with Gasteiger partial charge in [-0.05, 0) is 60.7 Å². The molecule has 0 aliphatic carbocycles. The van der Waals surface area contributed by atoms with Crippen molar-refractivity contribution >= 4 is 47.0 Å². The van der Waals surface area contributed by atoms with E-state index in [1.807, 2.05) is 48.5 Å². The third-order valence-corrected chi connectivity index (χ3v) is 5.84. The zero-order valence-corrected chi connectivity index (χ0v) is 22.3. The first kappa shape index (κ1) is 28.0. The first-order valence-electron chi connectivity index (χ1n) is 12.1. The van der Waals surface area contributed by atoms with Crippen LogP contribution in [0.15, 0.2) is 94.9 Å². The quantitative estimate of drug-likeness (QED) is 0.138. The summed E-state index contributed by atoms with van der Waals surface area (Å²) in [6.45, 7) is 1.34. The molecule has 4 rings (SSSR count). The summed E-state index contributed by atoms with van der Waals surface area (Å²) < 4.78 is 17.3. The lowest BCUT2D eigenvalue weighted by Crippen LogP contribution is -2.12. The molecule has 0 unspecified atom stereocenters. The van der Waals surface area contributed by atoms with Crippen molar-refractivity contribution in [3.8, 4) is 23.0 Å². The first-order chi connectivity index (χ1) is 19.0. The van der Waals surface area contributed by atoms with Gasteiger partial charge in [0.2, 0.25) is 0 Å². The molecular formula is C30H26Cl2N2O5.